The Morgan fingerprint density at radius 3 is 2.52 bits per heavy atom. The standard InChI is InChI=1S/C21H34N4O5Si/c1-20(2,3)31(7,8)27-11-13-14-15(30-21(4,5)29-14)18(28-13)25-10-9-12-16(25)23-19(22)24-17(12)26-6/h9-10,13-15,18H,11H2,1-8H3,(H2,22,23,24)/t13-,14-,15-,18-/m1/s1. The molecule has 2 aliphatic heterocycles. The van der Waals surface area contributed by atoms with E-state index in [-0.39, 0.29) is 29.3 Å². The van der Waals surface area contributed by atoms with Crippen molar-refractivity contribution in [3.8, 4) is 5.88 Å². The monoisotopic (exact) mass is 450 g/mol. The third kappa shape index (κ3) is 3.95. The molecule has 10 heteroatoms. The third-order valence-electron chi connectivity index (χ3n) is 6.56. The molecule has 0 radical (unpaired) electrons. The van der Waals surface area contributed by atoms with E-state index in [0.29, 0.717) is 18.1 Å². The summed E-state index contributed by atoms with van der Waals surface area (Å²) in [6, 6.07) is 1.90. The average Bonchev–Trinajstić information content (AvgIpc) is 3.29. The second kappa shape index (κ2) is 7.41. The third-order valence-corrected chi connectivity index (χ3v) is 11.1. The fraction of sp³-hybridized carbons (Fsp3) is 0.714. The predicted molar refractivity (Wildman–Crippen MR) is 119 cm³/mol. The molecular weight excluding hydrogens is 416 g/mol. The summed E-state index contributed by atoms with van der Waals surface area (Å²) in [6.45, 7) is 15.4. The maximum absolute atomic E-state index is 6.47. The maximum atomic E-state index is 6.47. The lowest BCUT2D eigenvalue weighted by molar-refractivity contribution is -0.199. The Bertz CT molecular complexity index is 971. The summed E-state index contributed by atoms with van der Waals surface area (Å²) < 4.78 is 32.7. The first kappa shape index (κ1) is 22.5. The Balaban J connectivity index is 1.65. The highest BCUT2D eigenvalue weighted by Gasteiger charge is 2.56. The average molecular weight is 451 g/mol. The van der Waals surface area contributed by atoms with Crippen molar-refractivity contribution in [3.63, 3.8) is 0 Å². The van der Waals surface area contributed by atoms with Crippen LogP contribution in [-0.2, 0) is 18.6 Å². The van der Waals surface area contributed by atoms with E-state index < -0.39 is 20.3 Å². The van der Waals surface area contributed by atoms with Crippen molar-refractivity contribution in [2.24, 2.45) is 0 Å². The van der Waals surface area contributed by atoms with Gasteiger partial charge in [-0.05, 0) is 38.0 Å². The first-order valence-electron chi connectivity index (χ1n) is 10.7. The molecular formula is C21H34N4O5Si. The van der Waals surface area contributed by atoms with E-state index in [4.69, 9.17) is 29.1 Å². The molecule has 0 amide bonds. The van der Waals surface area contributed by atoms with Gasteiger partial charge < -0.3 is 33.7 Å². The van der Waals surface area contributed by atoms with Crippen LogP contribution < -0.4 is 10.5 Å². The van der Waals surface area contributed by atoms with Crippen LogP contribution in [0.3, 0.4) is 0 Å². The fourth-order valence-corrected chi connectivity index (χ4v) is 4.92. The second-order valence-corrected chi connectivity index (χ2v) is 15.1. The van der Waals surface area contributed by atoms with Gasteiger partial charge in [-0.3, -0.25) is 0 Å². The van der Waals surface area contributed by atoms with Crippen LogP contribution in [0.15, 0.2) is 12.3 Å². The van der Waals surface area contributed by atoms with E-state index in [1.54, 1.807) is 7.11 Å². The van der Waals surface area contributed by atoms with Gasteiger partial charge in [0.15, 0.2) is 26.0 Å². The number of nitrogens with zero attached hydrogens (tertiary/aromatic N) is 3. The number of hydrogen-bond acceptors (Lipinski definition) is 8. The molecule has 0 aromatic carbocycles. The molecule has 31 heavy (non-hydrogen) atoms. The van der Waals surface area contributed by atoms with Crippen LogP contribution in [0.4, 0.5) is 5.95 Å². The Morgan fingerprint density at radius 2 is 1.87 bits per heavy atom. The van der Waals surface area contributed by atoms with Crippen molar-refractivity contribution in [1.29, 1.82) is 0 Å². The number of aromatic nitrogens is 3. The predicted octanol–water partition coefficient (Wildman–Crippen LogP) is 3.46. The molecule has 2 aromatic heterocycles. The first-order valence-corrected chi connectivity index (χ1v) is 13.6. The molecule has 2 aliphatic rings. The molecule has 2 aromatic rings. The van der Waals surface area contributed by atoms with E-state index in [1.807, 2.05) is 30.7 Å². The molecule has 0 aliphatic carbocycles. The van der Waals surface area contributed by atoms with Crippen molar-refractivity contribution in [2.75, 3.05) is 19.5 Å². The van der Waals surface area contributed by atoms with Crippen molar-refractivity contribution in [1.82, 2.24) is 14.5 Å². The zero-order valence-electron chi connectivity index (χ0n) is 19.6. The fourth-order valence-electron chi connectivity index (χ4n) is 3.91. The van der Waals surface area contributed by atoms with Crippen molar-refractivity contribution >= 4 is 25.3 Å². The quantitative estimate of drug-likeness (QED) is 0.691. The van der Waals surface area contributed by atoms with E-state index in [2.05, 4.69) is 43.8 Å². The first-order chi connectivity index (χ1) is 14.3. The summed E-state index contributed by atoms with van der Waals surface area (Å²) in [5, 5.41) is 0.870. The van der Waals surface area contributed by atoms with Gasteiger partial charge in [0, 0.05) is 6.20 Å². The van der Waals surface area contributed by atoms with E-state index in [1.165, 1.54) is 0 Å². The Morgan fingerprint density at radius 1 is 1.19 bits per heavy atom. The van der Waals surface area contributed by atoms with Gasteiger partial charge in [0.25, 0.3) is 0 Å². The largest absolute Gasteiger partial charge is 0.480 e. The molecule has 0 spiro atoms. The van der Waals surface area contributed by atoms with Crippen molar-refractivity contribution in [3.05, 3.63) is 12.3 Å². The molecule has 172 valence electrons. The lowest BCUT2D eigenvalue weighted by atomic mass is 10.1. The highest BCUT2D eigenvalue weighted by molar-refractivity contribution is 6.74. The van der Waals surface area contributed by atoms with Crippen LogP contribution in [0.2, 0.25) is 18.1 Å². The van der Waals surface area contributed by atoms with Gasteiger partial charge in [-0.2, -0.15) is 9.97 Å². The van der Waals surface area contributed by atoms with Gasteiger partial charge in [-0.1, -0.05) is 20.8 Å². The van der Waals surface area contributed by atoms with Gasteiger partial charge >= 0.3 is 0 Å². The number of fused-ring (bicyclic) bond motifs is 2. The normalized spacial score (nSPS) is 28.3. The van der Waals surface area contributed by atoms with Gasteiger partial charge in [0.05, 0.1) is 19.1 Å². The van der Waals surface area contributed by atoms with Crippen molar-refractivity contribution in [2.45, 2.75) is 83.1 Å². The Labute approximate surface area is 184 Å². The summed E-state index contributed by atoms with van der Waals surface area (Å²) in [7, 11) is -0.380. The topological polar surface area (TPSA) is 103 Å². The molecule has 0 saturated carbocycles. The molecule has 0 bridgehead atoms. The molecule has 4 rings (SSSR count). The number of nitrogen functional groups attached to an aromatic ring is 1. The second-order valence-electron chi connectivity index (χ2n) is 10.3. The van der Waals surface area contributed by atoms with Crippen LogP contribution in [0.1, 0.15) is 40.8 Å². The lowest BCUT2D eigenvalue weighted by Crippen LogP contribution is -2.44. The zero-order valence-corrected chi connectivity index (χ0v) is 20.6. The Hall–Kier alpha value is -1.72. The van der Waals surface area contributed by atoms with E-state index in [0.717, 1.165) is 5.39 Å². The summed E-state index contributed by atoms with van der Waals surface area (Å²) >= 11 is 0. The SMILES string of the molecule is COc1nc(N)nc2c1ccn2[C@@H]1O[C@H](CO[Si](C)(C)C(C)(C)C)[C@H]2OC(C)(C)O[C@H]21. The number of rotatable bonds is 5. The minimum absolute atomic E-state index is 0.109. The van der Waals surface area contributed by atoms with Gasteiger partial charge in [-0.25, -0.2) is 0 Å². The number of anilines is 1. The molecule has 2 saturated heterocycles. The number of ether oxygens (including phenoxy) is 4. The highest BCUT2D eigenvalue weighted by atomic mass is 28.4. The van der Waals surface area contributed by atoms with E-state index >= 15 is 0 Å². The molecule has 4 heterocycles. The molecule has 2 fully saturated rings. The van der Waals surface area contributed by atoms with Gasteiger partial charge in [0.2, 0.25) is 11.8 Å². The Kier molecular flexibility index (Phi) is 5.37. The van der Waals surface area contributed by atoms with Crippen LogP contribution in [-0.4, -0.2) is 60.7 Å². The van der Waals surface area contributed by atoms with Crippen LogP contribution in [0.25, 0.3) is 11.0 Å². The smallest absolute Gasteiger partial charge is 0.227 e. The van der Waals surface area contributed by atoms with E-state index in [9.17, 15) is 0 Å². The van der Waals surface area contributed by atoms with Gasteiger partial charge in [0.1, 0.15) is 18.3 Å². The van der Waals surface area contributed by atoms with Gasteiger partial charge in [-0.15, -0.1) is 0 Å². The minimum Gasteiger partial charge on any atom is -0.480 e. The summed E-state index contributed by atoms with van der Waals surface area (Å²) in [4.78, 5) is 8.59. The molecule has 2 N–H and O–H groups in total. The van der Waals surface area contributed by atoms with Crippen LogP contribution in [0.5, 0.6) is 5.88 Å². The summed E-state index contributed by atoms with van der Waals surface area (Å²) in [6.07, 6.45) is 0.652. The maximum Gasteiger partial charge on any atom is 0.227 e. The summed E-state index contributed by atoms with van der Waals surface area (Å²) in [5.74, 6) is -0.139. The molecule has 0 unspecified atom stereocenters. The minimum atomic E-state index is -1.94. The number of hydrogen-bond donors (Lipinski definition) is 1. The molecule has 9 nitrogen and oxygen atoms in total. The van der Waals surface area contributed by atoms with Crippen LogP contribution >= 0.6 is 0 Å². The number of nitrogens with two attached hydrogens (primary N) is 1. The zero-order chi connectivity index (χ0) is 22.8. The van der Waals surface area contributed by atoms with Crippen LogP contribution in [0, 0.1) is 0 Å². The number of methoxy groups -OCH3 is 1. The highest BCUT2D eigenvalue weighted by Crippen LogP contribution is 2.45. The summed E-state index contributed by atoms with van der Waals surface area (Å²) in [5.41, 5.74) is 6.54. The lowest BCUT2D eigenvalue weighted by Gasteiger charge is -2.37. The molecule has 4 atom stereocenters. The van der Waals surface area contributed by atoms with Crippen molar-refractivity contribution < 1.29 is 23.4 Å².